The number of hydrogen-bond acceptors (Lipinski definition) is 6. The average Bonchev–Trinajstić information content (AvgIpc) is 2.98. The fourth-order valence-corrected chi connectivity index (χ4v) is 4.33. The van der Waals surface area contributed by atoms with Crippen LogP contribution in [-0.4, -0.2) is 38.1 Å². The number of aromatic nitrogens is 2. The molecule has 1 aliphatic rings. The number of thioether (sulfide) groups is 1. The normalized spacial score (nSPS) is 15.4. The SMILES string of the molecule is Cc1ccc2nc(NCCc3ccccc3)c(/C=C3\SC(=S)N(C)C3=O)c(=O)n2c1. The third-order valence-corrected chi connectivity index (χ3v) is 6.30. The van der Waals surface area contributed by atoms with Crippen molar-refractivity contribution in [1.29, 1.82) is 0 Å². The van der Waals surface area contributed by atoms with Gasteiger partial charge in [-0.3, -0.25) is 18.9 Å². The first kappa shape index (κ1) is 20.3. The second kappa shape index (κ2) is 8.41. The lowest BCUT2D eigenvalue weighted by molar-refractivity contribution is -0.121. The second-order valence-electron chi connectivity index (χ2n) is 7.02. The van der Waals surface area contributed by atoms with E-state index in [0.29, 0.717) is 32.8 Å². The van der Waals surface area contributed by atoms with Crippen LogP contribution in [0.2, 0.25) is 0 Å². The van der Waals surface area contributed by atoms with Crippen molar-refractivity contribution in [3.8, 4) is 0 Å². The number of aryl methyl sites for hydroxylation is 1. The zero-order chi connectivity index (χ0) is 21.3. The minimum atomic E-state index is -0.229. The molecule has 1 aliphatic heterocycles. The lowest BCUT2D eigenvalue weighted by Gasteiger charge is -2.12. The molecule has 0 saturated carbocycles. The maximum Gasteiger partial charge on any atom is 0.267 e. The van der Waals surface area contributed by atoms with Gasteiger partial charge in [0.05, 0.1) is 10.5 Å². The number of pyridine rings is 1. The predicted octanol–water partition coefficient (Wildman–Crippen LogP) is 3.49. The summed E-state index contributed by atoms with van der Waals surface area (Å²) in [5, 5.41) is 3.28. The fraction of sp³-hybridized carbons (Fsp3) is 0.182. The highest BCUT2D eigenvalue weighted by atomic mass is 32.2. The van der Waals surface area contributed by atoms with Crippen LogP contribution in [0.25, 0.3) is 11.7 Å². The zero-order valence-electron chi connectivity index (χ0n) is 16.6. The van der Waals surface area contributed by atoms with E-state index in [-0.39, 0.29) is 11.5 Å². The van der Waals surface area contributed by atoms with Gasteiger partial charge in [-0.25, -0.2) is 4.98 Å². The van der Waals surface area contributed by atoms with E-state index >= 15 is 0 Å². The van der Waals surface area contributed by atoms with Crippen LogP contribution in [-0.2, 0) is 11.2 Å². The molecule has 1 N–H and O–H groups in total. The number of amides is 1. The molecule has 8 heteroatoms. The number of carbonyl (C=O) groups is 1. The van der Waals surface area contributed by atoms with E-state index in [1.165, 1.54) is 26.6 Å². The number of hydrogen-bond donors (Lipinski definition) is 1. The number of anilines is 1. The van der Waals surface area contributed by atoms with Gasteiger partial charge in [-0.2, -0.15) is 0 Å². The van der Waals surface area contributed by atoms with Crippen molar-refractivity contribution in [2.24, 2.45) is 0 Å². The molecule has 0 bridgehead atoms. The van der Waals surface area contributed by atoms with E-state index < -0.39 is 0 Å². The van der Waals surface area contributed by atoms with Gasteiger partial charge in [0, 0.05) is 19.8 Å². The van der Waals surface area contributed by atoms with Crippen molar-refractivity contribution >= 4 is 51.7 Å². The van der Waals surface area contributed by atoms with Crippen LogP contribution in [0, 0.1) is 6.92 Å². The number of carbonyl (C=O) groups excluding carboxylic acids is 1. The van der Waals surface area contributed by atoms with Gasteiger partial charge < -0.3 is 5.32 Å². The molecule has 30 heavy (non-hydrogen) atoms. The predicted molar refractivity (Wildman–Crippen MR) is 126 cm³/mol. The number of thiocarbonyl (C=S) groups is 1. The monoisotopic (exact) mass is 436 g/mol. The molecule has 1 amide bonds. The van der Waals surface area contributed by atoms with Gasteiger partial charge in [0.15, 0.2) is 0 Å². The number of nitrogens with zero attached hydrogens (tertiary/aromatic N) is 3. The molecule has 0 aliphatic carbocycles. The summed E-state index contributed by atoms with van der Waals surface area (Å²) in [7, 11) is 1.63. The van der Waals surface area contributed by atoms with Crippen molar-refractivity contribution in [2.45, 2.75) is 13.3 Å². The topological polar surface area (TPSA) is 66.7 Å². The molecule has 0 unspecified atom stereocenters. The first-order valence-electron chi connectivity index (χ1n) is 9.46. The number of nitrogens with one attached hydrogen (secondary N) is 1. The van der Waals surface area contributed by atoms with Crippen LogP contribution in [0.5, 0.6) is 0 Å². The van der Waals surface area contributed by atoms with E-state index in [9.17, 15) is 9.59 Å². The smallest absolute Gasteiger partial charge is 0.267 e. The first-order chi connectivity index (χ1) is 14.4. The minimum absolute atomic E-state index is 0.214. The molecule has 3 aromatic rings. The minimum Gasteiger partial charge on any atom is -0.369 e. The van der Waals surface area contributed by atoms with Crippen LogP contribution in [0.15, 0.2) is 58.4 Å². The van der Waals surface area contributed by atoms with E-state index in [0.717, 1.165) is 12.0 Å². The summed E-state index contributed by atoms with van der Waals surface area (Å²) in [6, 6.07) is 13.8. The fourth-order valence-electron chi connectivity index (χ4n) is 3.17. The van der Waals surface area contributed by atoms with Crippen LogP contribution < -0.4 is 10.9 Å². The molecule has 3 heterocycles. The molecule has 0 atom stereocenters. The zero-order valence-corrected chi connectivity index (χ0v) is 18.2. The molecule has 4 rings (SSSR count). The molecular weight excluding hydrogens is 416 g/mol. The highest BCUT2D eigenvalue weighted by molar-refractivity contribution is 8.26. The van der Waals surface area contributed by atoms with Crippen LogP contribution in [0.1, 0.15) is 16.7 Å². The molecule has 1 saturated heterocycles. The summed E-state index contributed by atoms with van der Waals surface area (Å²) in [5.41, 5.74) is 2.80. The Kier molecular flexibility index (Phi) is 5.69. The molecule has 1 fully saturated rings. The van der Waals surface area contributed by atoms with Gasteiger partial charge in [0.2, 0.25) is 0 Å². The number of benzene rings is 1. The third kappa shape index (κ3) is 4.01. The number of fused-ring (bicyclic) bond motifs is 1. The molecule has 6 nitrogen and oxygen atoms in total. The summed E-state index contributed by atoms with van der Waals surface area (Å²) in [6.07, 6.45) is 4.13. The Morgan fingerprint density at radius 3 is 2.63 bits per heavy atom. The second-order valence-corrected chi connectivity index (χ2v) is 8.69. The summed E-state index contributed by atoms with van der Waals surface area (Å²) in [5.74, 6) is 0.245. The summed E-state index contributed by atoms with van der Waals surface area (Å²) in [4.78, 5) is 32.2. The summed E-state index contributed by atoms with van der Waals surface area (Å²) >= 11 is 6.40. The van der Waals surface area contributed by atoms with Crippen molar-refractivity contribution in [3.05, 3.63) is 80.6 Å². The lowest BCUT2D eigenvalue weighted by atomic mass is 10.1. The Morgan fingerprint density at radius 1 is 1.17 bits per heavy atom. The largest absolute Gasteiger partial charge is 0.369 e. The van der Waals surface area contributed by atoms with Crippen molar-refractivity contribution < 1.29 is 4.79 Å². The van der Waals surface area contributed by atoms with Gasteiger partial charge in [-0.15, -0.1) is 0 Å². The van der Waals surface area contributed by atoms with E-state index in [4.69, 9.17) is 12.2 Å². The van der Waals surface area contributed by atoms with E-state index in [1.54, 1.807) is 19.3 Å². The highest BCUT2D eigenvalue weighted by Crippen LogP contribution is 2.31. The van der Waals surface area contributed by atoms with Crippen molar-refractivity contribution in [2.75, 3.05) is 18.9 Å². The number of rotatable bonds is 5. The van der Waals surface area contributed by atoms with E-state index in [2.05, 4.69) is 22.4 Å². The Morgan fingerprint density at radius 2 is 1.93 bits per heavy atom. The molecule has 1 aromatic carbocycles. The lowest BCUT2D eigenvalue weighted by Crippen LogP contribution is -2.23. The highest BCUT2D eigenvalue weighted by Gasteiger charge is 2.29. The quantitative estimate of drug-likeness (QED) is 0.488. The Hall–Kier alpha value is -2.97. The Labute approximate surface area is 183 Å². The van der Waals surface area contributed by atoms with Crippen molar-refractivity contribution in [3.63, 3.8) is 0 Å². The van der Waals surface area contributed by atoms with Crippen LogP contribution >= 0.6 is 24.0 Å². The van der Waals surface area contributed by atoms with Gasteiger partial charge in [-0.1, -0.05) is 60.4 Å². The van der Waals surface area contributed by atoms with Crippen molar-refractivity contribution in [1.82, 2.24) is 14.3 Å². The average molecular weight is 437 g/mol. The standard InChI is InChI=1S/C22H20N4O2S2/c1-14-8-9-18-24-19(23-11-10-15-6-4-3-5-7-15)16(20(27)26(18)13-14)12-17-21(28)25(2)22(29)30-17/h3-9,12-13,23H,10-11H2,1-2H3/b17-12-. The number of likely N-dealkylation sites (N-methyl/N-ethyl adjacent to an activating group) is 1. The Bertz CT molecular complexity index is 1240. The Balaban J connectivity index is 1.75. The first-order valence-corrected chi connectivity index (χ1v) is 10.7. The summed E-state index contributed by atoms with van der Waals surface area (Å²) < 4.78 is 1.98. The molecular formula is C22H20N4O2S2. The van der Waals surface area contributed by atoms with Gasteiger partial charge in [0.1, 0.15) is 15.8 Å². The maximum atomic E-state index is 13.3. The molecule has 2 aromatic heterocycles. The van der Waals surface area contributed by atoms with Crippen LogP contribution in [0.4, 0.5) is 5.82 Å². The molecule has 0 spiro atoms. The van der Waals surface area contributed by atoms with E-state index in [1.807, 2.05) is 37.3 Å². The molecule has 0 radical (unpaired) electrons. The summed E-state index contributed by atoms with van der Waals surface area (Å²) in [6.45, 7) is 2.52. The van der Waals surface area contributed by atoms with Gasteiger partial charge >= 0.3 is 0 Å². The van der Waals surface area contributed by atoms with Crippen LogP contribution in [0.3, 0.4) is 0 Å². The molecule has 152 valence electrons. The maximum absolute atomic E-state index is 13.3. The van der Waals surface area contributed by atoms with Gasteiger partial charge in [-0.05, 0) is 36.6 Å². The third-order valence-electron chi connectivity index (χ3n) is 4.82. The van der Waals surface area contributed by atoms with Gasteiger partial charge in [0.25, 0.3) is 11.5 Å².